The quantitative estimate of drug-likeness (QED) is 0.441. The van der Waals surface area contributed by atoms with E-state index >= 15 is 0 Å². The Hall–Kier alpha value is 0.0300. The average molecular weight is 154 g/mol. The van der Waals surface area contributed by atoms with Crippen LogP contribution in [0.5, 0.6) is 0 Å². The molecule has 2 N–H and O–H groups in total. The van der Waals surface area contributed by atoms with Crippen LogP contribution in [-0.4, -0.2) is 22.5 Å². The van der Waals surface area contributed by atoms with Gasteiger partial charge in [0.2, 0.25) is 6.29 Å². The van der Waals surface area contributed by atoms with Gasteiger partial charge < -0.3 is 10.2 Å². The van der Waals surface area contributed by atoms with Crippen LogP contribution in [0.2, 0.25) is 0 Å². The van der Waals surface area contributed by atoms with Crippen LogP contribution in [0.4, 0.5) is 0 Å². The van der Waals surface area contributed by atoms with Crippen molar-refractivity contribution >= 4 is 7.82 Å². The number of phosphoric acid groups is 1. The lowest BCUT2D eigenvalue weighted by atomic mass is 10.5. The number of fused-ring (bicyclic) bond motifs is 1. The van der Waals surface area contributed by atoms with Gasteiger partial charge in [-0.25, -0.2) is 18.1 Å². The van der Waals surface area contributed by atoms with E-state index in [1.165, 1.54) is 0 Å². The van der Waals surface area contributed by atoms with Gasteiger partial charge in [-0.15, -0.1) is 0 Å². The van der Waals surface area contributed by atoms with Crippen molar-refractivity contribution in [1.29, 1.82) is 0 Å². The molecule has 0 aromatic heterocycles. The van der Waals surface area contributed by atoms with Gasteiger partial charge in [-0.3, -0.25) is 0 Å². The van der Waals surface area contributed by atoms with Crippen molar-refractivity contribution < 1.29 is 28.3 Å². The Bertz CT molecular complexity index is 181. The fourth-order valence-electron chi connectivity index (χ4n) is 0.649. The lowest BCUT2D eigenvalue weighted by Crippen LogP contribution is -2.43. The molecule has 3 rings (SSSR count). The third kappa shape index (κ3) is 0.551. The molecule has 3 aliphatic heterocycles. The minimum atomic E-state index is -3.52. The second kappa shape index (κ2) is 1.22. The van der Waals surface area contributed by atoms with Gasteiger partial charge in [0.25, 0.3) is 0 Å². The molecule has 0 aromatic carbocycles. The zero-order chi connectivity index (χ0) is 6.70. The van der Waals surface area contributed by atoms with E-state index in [0.29, 0.717) is 0 Å². The number of hydrogen-bond acceptors (Lipinski definition) is 6. The minimum absolute atomic E-state index is 1.65. The molecule has 3 heterocycles. The molecule has 2 bridgehead atoms. The molecule has 6 nitrogen and oxygen atoms in total. The Labute approximate surface area is 49.6 Å². The maximum atomic E-state index is 10.5. The summed E-state index contributed by atoms with van der Waals surface area (Å²) < 4.78 is 23.0. The van der Waals surface area contributed by atoms with E-state index in [1.807, 2.05) is 0 Å². The molecule has 1 atom stereocenters. The van der Waals surface area contributed by atoms with Crippen molar-refractivity contribution in [2.24, 2.45) is 0 Å². The Morgan fingerprint density at radius 2 is 2.11 bits per heavy atom. The zero-order valence-corrected chi connectivity index (χ0v) is 4.95. The predicted molar refractivity (Wildman–Crippen MR) is 21.8 cm³/mol. The average Bonchev–Trinajstić information content (AvgIpc) is 1.85. The first-order valence-corrected chi connectivity index (χ1v) is 3.61. The molecule has 7 heteroatoms. The first kappa shape index (κ1) is 5.79. The Morgan fingerprint density at radius 3 is 2.22 bits per heavy atom. The van der Waals surface area contributed by atoms with Crippen LogP contribution < -0.4 is 0 Å². The monoisotopic (exact) mass is 154 g/mol. The Balaban J connectivity index is 2.34. The van der Waals surface area contributed by atoms with Gasteiger partial charge in [-0.2, -0.15) is 0 Å². The van der Waals surface area contributed by atoms with Crippen LogP contribution in [0.25, 0.3) is 0 Å². The van der Waals surface area contributed by atoms with Crippen LogP contribution in [0.1, 0.15) is 0 Å². The SMILES string of the molecule is O=P12OC(O)C(O)(O1)O2. The fourth-order valence-corrected chi connectivity index (χ4v) is 1.95. The number of hydrogen-bond donors (Lipinski definition) is 2. The van der Waals surface area contributed by atoms with Crippen molar-refractivity contribution in [2.45, 2.75) is 12.3 Å². The molecular weight excluding hydrogens is 151 g/mol. The molecule has 0 aliphatic carbocycles. The highest BCUT2D eigenvalue weighted by Gasteiger charge is 2.71. The zero-order valence-electron chi connectivity index (χ0n) is 4.05. The van der Waals surface area contributed by atoms with Gasteiger partial charge in [-0.1, -0.05) is 0 Å². The molecule has 0 amide bonds. The van der Waals surface area contributed by atoms with E-state index in [-0.39, 0.29) is 0 Å². The van der Waals surface area contributed by atoms with Crippen molar-refractivity contribution in [1.82, 2.24) is 0 Å². The summed E-state index contributed by atoms with van der Waals surface area (Å²) in [6.45, 7) is 0. The van der Waals surface area contributed by atoms with Crippen LogP contribution in [-0.2, 0) is 18.1 Å². The van der Waals surface area contributed by atoms with Crippen molar-refractivity contribution in [3.05, 3.63) is 0 Å². The number of rotatable bonds is 0. The molecule has 3 fully saturated rings. The second-order valence-corrected chi connectivity index (χ2v) is 3.19. The lowest BCUT2D eigenvalue weighted by Gasteiger charge is -2.27. The van der Waals surface area contributed by atoms with E-state index in [0.717, 1.165) is 0 Å². The van der Waals surface area contributed by atoms with E-state index in [4.69, 9.17) is 10.2 Å². The minimum Gasteiger partial charge on any atom is -0.361 e. The molecule has 3 aliphatic rings. The normalized spacial score (nSPS) is 63.6. The molecule has 0 aromatic rings. The maximum Gasteiger partial charge on any atom is 0.486 e. The molecule has 52 valence electrons. The van der Waals surface area contributed by atoms with Crippen LogP contribution >= 0.6 is 7.82 Å². The smallest absolute Gasteiger partial charge is 0.361 e. The highest BCUT2D eigenvalue weighted by Crippen LogP contribution is 2.72. The summed E-state index contributed by atoms with van der Waals surface area (Å²) in [6, 6.07) is 0. The molecule has 1 unspecified atom stereocenters. The standard InChI is InChI=1S/C2H3O6P/c3-1-2(4)7-9(5,6-1)8-2/h1,3-4H. The van der Waals surface area contributed by atoms with E-state index in [9.17, 15) is 4.57 Å². The first-order chi connectivity index (χ1) is 4.04. The Kier molecular flexibility index (Phi) is 0.785. The summed E-state index contributed by atoms with van der Waals surface area (Å²) in [5.41, 5.74) is 0. The van der Waals surface area contributed by atoms with Gasteiger partial charge in [0.1, 0.15) is 0 Å². The summed E-state index contributed by atoms with van der Waals surface area (Å²) in [6.07, 6.45) is -1.65. The molecule has 3 saturated heterocycles. The van der Waals surface area contributed by atoms with E-state index in [2.05, 4.69) is 13.6 Å². The van der Waals surface area contributed by atoms with Gasteiger partial charge in [0.05, 0.1) is 0 Å². The largest absolute Gasteiger partial charge is 0.486 e. The van der Waals surface area contributed by atoms with E-state index in [1.54, 1.807) is 0 Å². The van der Waals surface area contributed by atoms with Crippen molar-refractivity contribution in [2.75, 3.05) is 0 Å². The first-order valence-electron chi connectivity index (χ1n) is 2.14. The molecule has 0 radical (unpaired) electrons. The van der Waals surface area contributed by atoms with Gasteiger partial charge in [0.15, 0.2) is 0 Å². The topological polar surface area (TPSA) is 85.2 Å². The van der Waals surface area contributed by atoms with Crippen molar-refractivity contribution in [3.8, 4) is 0 Å². The highest BCUT2D eigenvalue weighted by molar-refractivity contribution is 7.50. The van der Waals surface area contributed by atoms with E-state index < -0.39 is 20.1 Å². The Morgan fingerprint density at radius 1 is 1.56 bits per heavy atom. The maximum absolute atomic E-state index is 10.5. The lowest BCUT2D eigenvalue weighted by molar-refractivity contribution is -0.353. The highest BCUT2D eigenvalue weighted by atomic mass is 31.2. The third-order valence-electron chi connectivity index (χ3n) is 1.03. The predicted octanol–water partition coefficient (Wildman–Crippen LogP) is -0.864. The summed E-state index contributed by atoms with van der Waals surface area (Å²) in [7, 11) is -3.52. The molecule has 9 heavy (non-hydrogen) atoms. The van der Waals surface area contributed by atoms with Gasteiger partial charge in [0, 0.05) is 0 Å². The third-order valence-corrected chi connectivity index (χ3v) is 2.45. The second-order valence-electron chi connectivity index (χ2n) is 1.72. The summed E-state index contributed by atoms with van der Waals surface area (Å²) in [4.78, 5) is 0. The fraction of sp³-hybridized carbons (Fsp3) is 1.00. The molecule has 0 spiro atoms. The van der Waals surface area contributed by atoms with Gasteiger partial charge >= 0.3 is 13.8 Å². The van der Waals surface area contributed by atoms with Crippen LogP contribution in [0.15, 0.2) is 0 Å². The van der Waals surface area contributed by atoms with Crippen LogP contribution in [0, 0.1) is 0 Å². The molecular formula is C2H3O6P. The summed E-state index contributed by atoms with van der Waals surface area (Å²) >= 11 is 0. The van der Waals surface area contributed by atoms with Crippen molar-refractivity contribution in [3.63, 3.8) is 0 Å². The van der Waals surface area contributed by atoms with Gasteiger partial charge in [-0.05, 0) is 0 Å². The summed E-state index contributed by atoms with van der Waals surface area (Å²) in [5.74, 6) is -2.17. The molecule has 0 saturated carbocycles. The number of aliphatic hydroxyl groups excluding tert-OH is 1. The number of phosphoric ester groups is 1. The van der Waals surface area contributed by atoms with Crippen LogP contribution in [0.3, 0.4) is 0 Å². The number of aliphatic hydroxyl groups is 2. The summed E-state index contributed by atoms with van der Waals surface area (Å²) in [5, 5.41) is 17.3.